The van der Waals surface area contributed by atoms with Crippen LogP contribution < -0.4 is 4.90 Å². The molecule has 0 saturated carbocycles. The Labute approximate surface area is 249 Å². The zero-order valence-electron chi connectivity index (χ0n) is 22.9. The Balaban J connectivity index is 1.51. The zero-order chi connectivity index (χ0) is 27.9. The number of fused-ring (bicyclic) bond motifs is 4. The molecule has 0 amide bonds. The Kier molecular flexibility index (Phi) is 6.05. The van der Waals surface area contributed by atoms with E-state index in [1.54, 1.807) is 0 Å². The molecule has 42 heavy (non-hydrogen) atoms. The maximum absolute atomic E-state index is 2.49. The second-order valence-electron chi connectivity index (χ2n) is 10.5. The summed E-state index contributed by atoms with van der Waals surface area (Å²) in [6.07, 6.45) is 0. The van der Waals surface area contributed by atoms with Crippen LogP contribution in [0, 0.1) is 0 Å². The Morgan fingerprint density at radius 2 is 0.929 bits per heavy atom. The molecule has 0 aliphatic heterocycles. The minimum absolute atomic E-state index is 1.13. The number of benzene rings is 7. The van der Waals surface area contributed by atoms with Crippen LogP contribution in [0.5, 0.6) is 0 Å². The third-order valence-corrected chi connectivity index (χ3v) is 9.20. The number of anilines is 3. The molecule has 0 saturated heterocycles. The van der Waals surface area contributed by atoms with Crippen molar-refractivity contribution in [3.8, 4) is 22.3 Å². The maximum atomic E-state index is 2.49. The second kappa shape index (κ2) is 10.3. The van der Waals surface area contributed by atoms with Crippen molar-refractivity contribution in [1.82, 2.24) is 0 Å². The van der Waals surface area contributed by atoms with Gasteiger partial charge in [-0.2, -0.15) is 0 Å². The van der Waals surface area contributed by atoms with Crippen molar-refractivity contribution in [1.29, 1.82) is 0 Å². The van der Waals surface area contributed by atoms with Crippen LogP contribution in [0.15, 0.2) is 164 Å². The average Bonchev–Trinajstić information content (AvgIpc) is 3.45. The van der Waals surface area contributed by atoms with E-state index in [0.717, 1.165) is 11.4 Å². The molecule has 8 aromatic rings. The van der Waals surface area contributed by atoms with Gasteiger partial charge in [0, 0.05) is 36.8 Å². The molecule has 0 unspecified atom stereocenters. The first-order chi connectivity index (χ1) is 20.9. The summed E-state index contributed by atoms with van der Waals surface area (Å²) in [6, 6.07) is 59.1. The SMILES string of the molecule is c1ccc(-c2ccc3sc4ccccc4c3c2N(c2ccccc2)c2ccc(-c3ccccc3)c3ccccc23)cc1. The zero-order valence-corrected chi connectivity index (χ0v) is 23.8. The molecule has 0 aliphatic carbocycles. The van der Waals surface area contributed by atoms with Gasteiger partial charge < -0.3 is 4.90 Å². The minimum Gasteiger partial charge on any atom is -0.309 e. The molecular formula is C40H27NS. The van der Waals surface area contributed by atoms with Crippen LogP contribution in [0.3, 0.4) is 0 Å². The maximum Gasteiger partial charge on any atom is 0.0633 e. The van der Waals surface area contributed by atoms with Gasteiger partial charge in [-0.3, -0.25) is 0 Å². The summed E-state index contributed by atoms with van der Waals surface area (Å²) in [7, 11) is 0. The molecule has 0 atom stereocenters. The van der Waals surface area contributed by atoms with Crippen LogP contribution >= 0.6 is 11.3 Å². The first kappa shape index (κ1) is 24.6. The molecule has 8 rings (SSSR count). The molecule has 0 bridgehead atoms. The molecule has 1 nitrogen and oxygen atoms in total. The summed E-state index contributed by atoms with van der Waals surface area (Å²) in [5, 5.41) is 5.04. The van der Waals surface area contributed by atoms with Crippen LogP contribution in [0.25, 0.3) is 53.2 Å². The Bertz CT molecular complexity index is 2180. The lowest BCUT2D eigenvalue weighted by atomic mass is 9.94. The molecule has 0 aliphatic rings. The Hall–Kier alpha value is -5.18. The van der Waals surface area contributed by atoms with Crippen molar-refractivity contribution in [2.24, 2.45) is 0 Å². The monoisotopic (exact) mass is 553 g/mol. The number of nitrogens with zero attached hydrogens (tertiary/aromatic N) is 1. The van der Waals surface area contributed by atoms with E-state index in [1.165, 1.54) is 58.9 Å². The Morgan fingerprint density at radius 3 is 1.64 bits per heavy atom. The van der Waals surface area contributed by atoms with E-state index in [4.69, 9.17) is 0 Å². The normalized spacial score (nSPS) is 11.3. The largest absolute Gasteiger partial charge is 0.309 e. The summed E-state index contributed by atoms with van der Waals surface area (Å²) < 4.78 is 2.59. The highest BCUT2D eigenvalue weighted by molar-refractivity contribution is 7.26. The number of para-hydroxylation sites is 1. The number of thiophene rings is 1. The topological polar surface area (TPSA) is 3.24 Å². The molecule has 0 radical (unpaired) electrons. The van der Waals surface area contributed by atoms with E-state index in [-0.39, 0.29) is 0 Å². The van der Waals surface area contributed by atoms with Gasteiger partial charge in [0.05, 0.1) is 11.4 Å². The van der Waals surface area contributed by atoms with Gasteiger partial charge in [-0.1, -0.05) is 133 Å². The number of hydrogen-bond acceptors (Lipinski definition) is 2. The van der Waals surface area contributed by atoms with Crippen molar-refractivity contribution < 1.29 is 0 Å². The quantitative estimate of drug-likeness (QED) is 0.205. The lowest BCUT2D eigenvalue weighted by Gasteiger charge is -2.30. The third-order valence-electron chi connectivity index (χ3n) is 8.07. The van der Waals surface area contributed by atoms with Crippen LogP contribution in [-0.4, -0.2) is 0 Å². The molecule has 1 aromatic heterocycles. The number of hydrogen-bond donors (Lipinski definition) is 0. The summed E-state index contributed by atoms with van der Waals surface area (Å²) in [5.41, 5.74) is 8.39. The summed E-state index contributed by atoms with van der Waals surface area (Å²) in [4.78, 5) is 2.49. The van der Waals surface area contributed by atoms with Crippen LogP contribution in [0.1, 0.15) is 0 Å². The fourth-order valence-corrected chi connectivity index (χ4v) is 7.30. The molecule has 0 N–H and O–H groups in total. The number of rotatable bonds is 5. The highest BCUT2D eigenvalue weighted by Crippen LogP contribution is 2.51. The summed E-state index contributed by atoms with van der Waals surface area (Å²) in [6.45, 7) is 0. The van der Waals surface area contributed by atoms with Crippen molar-refractivity contribution in [3.05, 3.63) is 164 Å². The van der Waals surface area contributed by atoms with Crippen molar-refractivity contribution in [2.45, 2.75) is 0 Å². The lowest BCUT2D eigenvalue weighted by Crippen LogP contribution is -2.12. The van der Waals surface area contributed by atoms with E-state index in [2.05, 4.69) is 169 Å². The van der Waals surface area contributed by atoms with Crippen molar-refractivity contribution in [3.63, 3.8) is 0 Å². The van der Waals surface area contributed by atoms with Crippen molar-refractivity contribution in [2.75, 3.05) is 4.90 Å². The highest BCUT2D eigenvalue weighted by Gasteiger charge is 2.24. The molecular weight excluding hydrogens is 527 g/mol. The highest BCUT2D eigenvalue weighted by atomic mass is 32.1. The van der Waals surface area contributed by atoms with Gasteiger partial charge in [-0.05, 0) is 52.4 Å². The molecule has 1 heterocycles. The first-order valence-electron chi connectivity index (χ1n) is 14.3. The van der Waals surface area contributed by atoms with E-state index in [9.17, 15) is 0 Å². The molecule has 0 spiro atoms. The standard InChI is InChI=1S/C40H27NS/c1-4-14-28(15-5-1)31-24-26-36(34-21-11-10-20-33(31)34)41(30-18-8-3-9-19-30)40-32(29-16-6-2-7-17-29)25-27-38-39(40)35-22-12-13-23-37(35)42-38/h1-27H. The van der Waals surface area contributed by atoms with Gasteiger partial charge in [0.1, 0.15) is 0 Å². The third kappa shape index (κ3) is 4.08. The summed E-state index contributed by atoms with van der Waals surface area (Å²) >= 11 is 1.86. The van der Waals surface area contributed by atoms with Gasteiger partial charge >= 0.3 is 0 Å². The van der Waals surface area contributed by atoms with Crippen LogP contribution in [-0.2, 0) is 0 Å². The predicted molar refractivity (Wildman–Crippen MR) is 182 cm³/mol. The molecule has 0 fully saturated rings. The van der Waals surface area contributed by atoms with Gasteiger partial charge in [0.15, 0.2) is 0 Å². The van der Waals surface area contributed by atoms with E-state index in [1.807, 2.05) is 11.3 Å². The van der Waals surface area contributed by atoms with Gasteiger partial charge in [-0.15, -0.1) is 11.3 Å². The van der Waals surface area contributed by atoms with E-state index < -0.39 is 0 Å². The molecule has 7 aromatic carbocycles. The van der Waals surface area contributed by atoms with Crippen LogP contribution in [0.4, 0.5) is 17.1 Å². The van der Waals surface area contributed by atoms with E-state index in [0.29, 0.717) is 0 Å². The summed E-state index contributed by atoms with van der Waals surface area (Å²) in [5.74, 6) is 0. The smallest absolute Gasteiger partial charge is 0.0633 e. The van der Waals surface area contributed by atoms with E-state index >= 15 is 0 Å². The van der Waals surface area contributed by atoms with Gasteiger partial charge in [-0.25, -0.2) is 0 Å². The lowest BCUT2D eigenvalue weighted by molar-refractivity contribution is 1.31. The average molecular weight is 554 g/mol. The van der Waals surface area contributed by atoms with Crippen molar-refractivity contribution >= 4 is 59.3 Å². The first-order valence-corrected chi connectivity index (χ1v) is 15.1. The van der Waals surface area contributed by atoms with Gasteiger partial charge in [0.2, 0.25) is 0 Å². The second-order valence-corrected chi connectivity index (χ2v) is 11.6. The van der Waals surface area contributed by atoms with Gasteiger partial charge in [0.25, 0.3) is 0 Å². The molecule has 2 heteroatoms. The Morgan fingerprint density at radius 1 is 0.381 bits per heavy atom. The van der Waals surface area contributed by atoms with Crippen LogP contribution in [0.2, 0.25) is 0 Å². The molecule has 198 valence electrons. The minimum atomic E-state index is 1.13. The predicted octanol–water partition coefficient (Wildman–Crippen LogP) is 12.0. The fraction of sp³-hybridized carbons (Fsp3) is 0. The fourth-order valence-electron chi connectivity index (χ4n) is 6.19.